The Kier molecular flexibility index (Phi) is 5.58. The predicted octanol–water partition coefficient (Wildman–Crippen LogP) is 1.62. The van der Waals surface area contributed by atoms with Crippen LogP contribution in [0.3, 0.4) is 0 Å². The first-order valence-electron chi connectivity index (χ1n) is 7.42. The van der Waals surface area contributed by atoms with E-state index in [-0.39, 0.29) is 17.1 Å². The number of anilines is 1. The fraction of sp³-hybridized carbons (Fsp3) is 0.235. The molecule has 2 aromatic carbocycles. The molecule has 0 spiro atoms. The molecule has 2 rings (SSSR count). The van der Waals surface area contributed by atoms with Crippen LogP contribution in [0.15, 0.2) is 59.5 Å². The predicted molar refractivity (Wildman–Crippen MR) is 92.5 cm³/mol. The maximum Gasteiger partial charge on any atom is 0.264 e. The maximum atomic E-state index is 12.9. The number of hydrogen-bond acceptors (Lipinski definition) is 4. The molecule has 6 nitrogen and oxygen atoms in total. The number of aliphatic hydroxyl groups is 1. The van der Waals surface area contributed by atoms with E-state index in [1.807, 2.05) is 0 Å². The van der Waals surface area contributed by atoms with Crippen molar-refractivity contribution in [2.24, 2.45) is 0 Å². The summed E-state index contributed by atoms with van der Waals surface area (Å²) in [7, 11) is -2.46. The second kappa shape index (κ2) is 7.46. The van der Waals surface area contributed by atoms with Crippen LogP contribution in [0.25, 0.3) is 0 Å². The van der Waals surface area contributed by atoms with Crippen molar-refractivity contribution in [2.45, 2.75) is 17.9 Å². The third-order valence-electron chi connectivity index (χ3n) is 3.54. The van der Waals surface area contributed by atoms with Crippen LogP contribution >= 0.6 is 0 Å². The Morgan fingerprint density at radius 3 is 2.33 bits per heavy atom. The number of para-hydroxylation sites is 1. The summed E-state index contributed by atoms with van der Waals surface area (Å²) in [5.41, 5.74) is 0.539. The smallest absolute Gasteiger partial charge is 0.264 e. The summed E-state index contributed by atoms with van der Waals surface area (Å²) in [6.45, 7) is 1.40. The molecule has 0 fully saturated rings. The second-order valence-electron chi connectivity index (χ2n) is 5.36. The summed E-state index contributed by atoms with van der Waals surface area (Å²) in [6.07, 6.45) is 0. The largest absolute Gasteiger partial charge is 0.394 e. The lowest BCUT2D eigenvalue weighted by Crippen LogP contribution is -2.36. The fourth-order valence-electron chi connectivity index (χ4n) is 2.15. The second-order valence-corrected chi connectivity index (χ2v) is 7.30. The molecule has 128 valence electrons. The highest BCUT2D eigenvalue weighted by Crippen LogP contribution is 2.24. The molecule has 1 atom stereocenters. The first-order valence-corrected chi connectivity index (χ1v) is 8.86. The van der Waals surface area contributed by atoms with Crippen molar-refractivity contribution in [3.05, 3.63) is 60.2 Å². The minimum atomic E-state index is -3.90. The number of aliphatic hydroxyl groups excluding tert-OH is 1. The van der Waals surface area contributed by atoms with E-state index in [0.29, 0.717) is 5.69 Å². The number of carbonyl (C=O) groups is 1. The van der Waals surface area contributed by atoms with Crippen LogP contribution in [0.4, 0.5) is 5.69 Å². The van der Waals surface area contributed by atoms with Crippen LogP contribution in [-0.2, 0) is 10.0 Å². The van der Waals surface area contributed by atoms with Crippen molar-refractivity contribution in [3.8, 4) is 0 Å². The van der Waals surface area contributed by atoms with Crippen molar-refractivity contribution in [1.29, 1.82) is 0 Å². The molecular formula is C17H20N2O4S. The molecule has 0 aliphatic carbocycles. The molecule has 0 heterocycles. The van der Waals surface area contributed by atoms with E-state index in [4.69, 9.17) is 5.11 Å². The standard InChI is InChI=1S/C17H20N2O4S/c1-13(12-20)18-17(21)15-10-6-7-11-16(15)24(22,23)19(2)14-8-4-3-5-9-14/h3-11,13,20H,12H2,1-2H3,(H,18,21)/t13-/m0/s1. The van der Waals surface area contributed by atoms with Gasteiger partial charge in [0.05, 0.1) is 17.9 Å². The van der Waals surface area contributed by atoms with Gasteiger partial charge in [-0.3, -0.25) is 9.10 Å². The average molecular weight is 348 g/mol. The van der Waals surface area contributed by atoms with Crippen LogP contribution < -0.4 is 9.62 Å². The molecule has 1 amide bonds. The summed E-state index contributed by atoms with van der Waals surface area (Å²) in [5, 5.41) is 11.6. The average Bonchev–Trinajstić information content (AvgIpc) is 2.61. The lowest BCUT2D eigenvalue weighted by atomic mass is 10.2. The monoisotopic (exact) mass is 348 g/mol. The Morgan fingerprint density at radius 1 is 1.12 bits per heavy atom. The molecule has 2 N–H and O–H groups in total. The topological polar surface area (TPSA) is 86.7 Å². The zero-order chi connectivity index (χ0) is 17.7. The number of amides is 1. The van der Waals surface area contributed by atoms with Crippen LogP contribution in [0.5, 0.6) is 0 Å². The van der Waals surface area contributed by atoms with Crippen LogP contribution in [0.2, 0.25) is 0 Å². The molecule has 24 heavy (non-hydrogen) atoms. The van der Waals surface area contributed by atoms with Crippen LogP contribution in [-0.4, -0.2) is 39.1 Å². The lowest BCUT2D eigenvalue weighted by Gasteiger charge is -2.21. The van der Waals surface area contributed by atoms with Crippen molar-refractivity contribution < 1.29 is 18.3 Å². The molecule has 0 bridgehead atoms. The van der Waals surface area contributed by atoms with Gasteiger partial charge in [0.2, 0.25) is 0 Å². The lowest BCUT2D eigenvalue weighted by molar-refractivity contribution is 0.0919. The molecule has 0 aromatic heterocycles. The number of carbonyl (C=O) groups excluding carboxylic acids is 1. The van der Waals surface area contributed by atoms with Gasteiger partial charge in [0.15, 0.2) is 0 Å². The zero-order valence-corrected chi connectivity index (χ0v) is 14.3. The quantitative estimate of drug-likeness (QED) is 0.830. The number of benzene rings is 2. The molecule has 0 radical (unpaired) electrons. The number of nitrogens with one attached hydrogen (secondary N) is 1. The molecule has 2 aromatic rings. The molecule has 0 saturated heterocycles. The van der Waals surface area contributed by atoms with E-state index in [1.54, 1.807) is 49.4 Å². The highest BCUT2D eigenvalue weighted by atomic mass is 32.2. The van der Waals surface area contributed by atoms with E-state index in [2.05, 4.69) is 5.32 Å². The molecule has 0 unspecified atom stereocenters. The minimum absolute atomic E-state index is 0.0422. The molecule has 7 heteroatoms. The van der Waals surface area contributed by atoms with E-state index < -0.39 is 22.0 Å². The Labute approximate surface area is 141 Å². The minimum Gasteiger partial charge on any atom is -0.394 e. The molecule has 0 aliphatic heterocycles. The maximum absolute atomic E-state index is 12.9. The molecule has 0 aliphatic rings. The van der Waals surface area contributed by atoms with Crippen molar-refractivity contribution in [2.75, 3.05) is 18.0 Å². The van der Waals surface area contributed by atoms with Crippen molar-refractivity contribution in [3.63, 3.8) is 0 Å². The fourth-order valence-corrected chi connectivity index (χ4v) is 3.53. The Balaban J connectivity index is 2.43. The van der Waals surface area contributed by atoms with Gasteiger partial charge in [-0.2, -0.15) is 0 Å². The van der Waals surface area contributed by atoms with Gasteiger partial charge in [0, 0.05) is 13.1 Å². The van der Waals surface area contributed by atoms with E-state index in [9.17, 15) is 13.2 Å². The first kappa shape index (κ1) is 18.0. The van der Waals surface area contributed by atoms with Gasteiger partial charge in [-0.25, -0.2) is 8.42 Å². The molecular weight excluding hydrogens is 328 g/mol. The van der Waals surface area contributed by atoms with Crippen LogP contribution in [0.1, 0.15) is 17.3 Å². The zero-order valence-electron chi connectivity index (χ0n) is 13.5. The Morgan fingerprint density at radius 2 is 1.71 bits per heavy atom. The Hall–Kier alpha value is -2.38. The molecule has 0 saturated carbocycles. The van der Waals surface area contributed by atoms with Gasteiger partial charge in [0.25, 0.3) is 15.9 Å². The van der Waals surface area contributed by atoms with Gasteiger partial charge in [-0.15, -0.1) is 0 Å². The summed E-state index contributed by atoms with van der Waals surface area (Å²) >= 11 is 0. The van der Waals surface area contributed by atoms with E-state index in [1.165, 1.54) is 19.2 Å². The SMILES string of the molecule is C[C@@H](CO)NC(=O)c1ccccc1S(=O)(=O)N(C)c1ccccc1. The Bertz CT molecular complexity index is 806. The van der Waals surface area contributed by atoms with E-state index >= 15 is 0 Å². The van der Waals surface area contributed by atoms with Gasteiger partial charge >= 0.3 is 0 Å². The number of nitrogens with zero attached hydrogens (tertiary/aromatic N) is 1. The normalized spacial score (nSPS) is 12.5. The third-order valence-corrected chi connectivity index (χ3v) is 5.38. The highest BCUT2D eigenvalue weighted by molar-refractivity contribution is 7.92. The number of sulfonamides is 1. The highest BCUT2D eigenvalue weighted by Gasteiger charge is 2.27. The van der Waals surface area contributed by atoms with Gasteiger partial charge in [0.1, 0.15) is 4.90 Å². The van der Waals surface area contributed by atoms with E-state index in [0.717, 1.165) is 4.31 Å². The first-order chi connectivity index (χ1) is 11.4. The number of rotatable bonds is 6. The number of hydrogen-bond donors (Lipinski definition) is 2. The van der Waals surface area contributed by atoms with Gasteiger partial charge in [-0.1, -0.05) is 30.3 Å². The third kappa shape index (κ3) is 3.74. The summed E-state index contributed by atoms with van der Waals surface area (Å²) in [5.74, 6) is -0.544. The van der Waals surface area contributed by atoms with Crippen molar-refractivity contribution in [1.82, 2.24) is 5.32 Å². The van der Waals surface area contributed by atoms with Crippen LogP contribution in [0, 0.1) is 0 Å². The van der Waals surface area contributed by atoms with Crippen molar-refractivity contribution >= 4 is 21.6 Å². The van der Waals surface area contributed by atoms with Gasteiger partial charge < -0.3 is 10.4 Å². The van der Waals surface area contributed by atoms with Gasteiger partial charge in [-0.05, 0) is 31.2 Å². The summed E-state index contributed by atoms with van der Waals surface area (Å²) < 4.78 is 27.0. The summed E-state index contributed by atoms with van der Waals surface area (Å²) in [4.78, 5) is 12.3. The summed E-state index contributed by atoms with van der Waals surface area (Å²) in [6, 6.07) is 14.2.